The van der Waals surface area contributed by atoms with E-state index in [0.29, 0.717) is 22.7 Å². The van der Waals surface area contributed by atoms with Crippen molar-refractivity contribution in [3.63, 3.8) is 0 Å². The lowest BCUT2D eigenvalue weighted by atomic mass is 10.2. The standard InChI is InChI=1S/C16H14FN3O2.C15H11FN2O2/c1-19(22-2)16(21)14-13-5-3-4-10-20(13)15(18-14)11-6-8-12(17)9-7-11;1-20-15(19)13-12-4-2-3-9-18(12)14(17-13)10-5-7-11(16)8-6-10/h3-10H,1-2H3;2-9H,1H3. The van der Waals surface area contributed by atoms with E-state index in [2.05, 4.69) is 9.97 Å². The lowest BCUT2D eigenvalue weighted by molar-refractivity contribution is -0.0758. The Morgan fingerprint density at radius 3 is 1.60 bits per heavy atom. The third-order valence-electron chi connectivity index (χ3n) is 6.44. The van der Waals surface area contributed by atoms with Crippen molar-refractivity contribution in [3.8, 4) is 22.8 Å². The van der Waals surface area contributed by atoms with Gasteiger partial charge in [-0.05, 0) is 72.8 Å². The number of nitrogens with zero attached hydrogens (tertiary/aromatic N) is 5. The van der Waals surface area contributed by atoms with E-state index in [9.17, 15) is 18.4 Å². The van der Waals surface area contributed by atoms with Gasteiger partial charge in [-0.15, -0.1) is 0 Å². The molecule has 2 aromatic carbocycles. The summed E-state index contributed by atoms with van der Waals surface area (Å²) in [6, 6.07) is 22.9. The predicted molar refractivity (Wildman–Crippen MR) is 152 cm³/mol. The molecule has 42 heavy (non-hydrogen) atoms. The van der Waals surface area contributed by atoms with Crippen molar-refractivity contribution in [3.05, 3.63) is 120 Å². The van der Waals surface area contributed by atoms with Gasteiger partial charge < -0.3 is 4.74 Å². The number of rotatable bonds is 5. The largest absolute Gasteiger partial charge is 0.464 e. The maximum atomic E-state index is 13.1. The Morgan fingerprint density at radius 2 is 1.14 bits per heavy atom. The first-order valence-electron chi connectivity index (χ1n) is 12.7. The molecule has 11 heteroatoms. The SMILES string of the molecule is COC(=O)c1nc(-c2ccc(F)cc2)n2ccccc12.CON(C)C(=O)c1nc(-c2ccc(F)cc2)n2ccccc12. The number of amides is 1. The summed E-state index contributed by atoms with van der Waals surface area (Å²) in [5.41, 5.74) is 3.29. The zero-order chi connectivity index (χ0) is 29.8. The first kappa shape index (κ1) is 28.1. The van der Waals surface area contributed by atoms with Crippen LogP contribution < -0.4 is 0 Å². The molecular formula is C31H25F2N5O4. The highest BCUT2D eigenvalue weighted by molar-refractivity contribution is 5.99. The Kier molecular flexibility index (Phi) is 8.02. The van der Waals surface area contributed by atoms with Gasteiger partial charge in [-0.3, -0.25) is 18.4 Å². The van der Waals surface area contributed by atoms with Crippen molar-refractivity contribution in [2.24, 2.45) is 0 Å². The molecular weight excluding hydrogens is 544 g/mol. The molecule has 212 valence electrons. The molecule has 0 bridgehead atoms. The van der Waals surface area contributed by atoms with E-state index >= 15 is 0 Å². The zero-order valence-corrected chi connectivity index (χ0v) is 22.9. The summed E-state index contributed by atoms with van der Waals surface area (Å²) < 4.78 is 34.4. The van der Waals surface area contributed by atoms with Crippen LogP contribution in [0.2, 0.25) is 0 Å². The number of fused-ring (bicyclic) bond motifs is 2. The van der Waals surface area contributed by atoms with E-state index in [0.717, 1.165) is 16.2 Å². The summed E-state index contributed by atoms with van der Waals surface area (Å²) >= 11 is 0. The number of halogens is 2. The summed E-state index contributed by atoms with van der Waals surface area (Å²) in [6.07, 6.45) is 3.61. The van der Waals surface area contributed by atoms with Crippen LogP contribution in [0.4, 0.5) is 8.78 Å². The minimum atomic E-state index is -0.498. The van der Waals surface area contributed by atoms with Crippen LogP contribution in [0.1, 0.15) is 21.0 Å². The van der Waals surface area contributed by atoms with E-state index in [1.807, 2.05) is 30.5 Å². The van der Waals surface area contributed by atoms with Crippen molar-refractivity contribution >= 4 is 22.9 Å². The van der Waals surface area contributed by atoms with Gasteiger partial charge in [0.05, 0.1) is 25.3 Å². The molecule has 0 N–H and O–H groups in total. The summed E-state index contributed by atoms with van der Waals surface area (Å²) in [4.78, 5) is 37.8. The maximum absolute atomic E-state index is 13.1. The fourth-order valence-electron chi connectivity index (χ4n) is 4.32. The Hall–Kier alpha value is -5.42. The van der Waals surface area contributed by atoms with Crippen LogP contribution in [0.15, 0.2) is 97.3 Å². The minimum Gasteiger partial charge on any atom is -0.464 e. The number of esters is 1. The molecule has 9 nitrogen and oxygen atoms in total. The number of hydrogen-bond donors (Lipinski definition) is 0. The van der Waals surface area contributed by atoms with Crippen molar-refractivity contribution in [2.75, 3.05) is 21.3 Å². The monoisotopic (exact) mass is 569 g/mol. The van der Waals surface area contributed by atoms with Gasteiger partial charge in [-0.25, -0.2) is 28.6 Å². The lowest BCUT2D eigenvalue weighted by Gasteiger charge is -2.11. The molecule has 0 atom stereocenters. The molecule has 6 rings (SSSR count). The van der Waals surface area contributed by atoms with Gasteiger partial charge in [-0.1, -0.05) is 12.1 Å². The molecule has 0 aliphatic heterocycles. The number of ether oxygens (including phenoxy) is 1. The molecule has 0 unspecified atom stereocenters. The second-order valence-electron chi connectivity index (χ2n) is 8.97. The number of carbonyl (C=O) groups excluding carboxylic acids is 2. The summed E-state index contributed by atoms with van der Waals surface area (Å²) in [5.74, 6) is -0.339. The number of carbonyl (C=O) groups is 2. The second kappa shape index (κ2) is 12.0. The smallest absolute Gasteiger partial charge is 0.358 e. The lowest BCUT2D eigenvalue weighted by Crippen LogP contribution is -2.25. The zero-order valence-electron chi connectivity index (χ0n) is 22.9. The third kappa shape index (κ3) is 5.45. The molecule has 0 saturated carbocycles. The molecule has 0 saturated heterocycles. The maximum Gasteiger partial charge on any atom is 0.358 e. The van der Waals surface area contributed by atoms with Crippen LogP contribution in [-0.4, -0.2) is 57.0 Å². The van der Waals surface area contributed by atoms with Gasteiger partial charge in [-0.2, -0.15) is 0 Å². The van der Waals surface area contributed by atoms with Crippen molar-refractivity contribution in [2.45, 2.75) is 0 Å². The third-order valence-corrected chi connectivity index (χ3v) is 6.44. The molecule has 0 spiro atoms. The Labute approximate surface area is 239 Å². The first-order valence-corrected chi connectivity index (χ1v) is 12.7. The first-order chi connectivity index (χ1) is 20.3. The number of hydrogen-bond acceptors (Lipinski definition) is 6. The highest BCUT2D eigenvalue weighted by Crippen LogP contribution is 2.25. The van der Waals surface area contributed by atoms with Crippen LogP contribution in [0.5, 0.6) is 0 Å². The van der Waals surface area contributed by atoms with Gasteiger partial charge in [0.15, 0.2) is 11.4 Å². The Morgan fingerprint density at radius 1 is 0.690 bits per heavy atom. The van der Waals surface area contributed by atoms with Crippen LogP contribution >= 0.6 is 0 Å². The van der Waals surface area contributed by atoms with Gasteiger partial charge in [0.25, 0.3) is 5.91 Å². The van der Waals surface area contributed by atoms with E-state index in [1.54, 1.807) is 51.4 Å². The minimum absolute atomic E-state index is 0.243. The molecule has 0 fully saturated rings. The van der Waals surface area contributed by atoms with Crippen LogP contribution in [-0.2, 0) is 9.57 Å². The Bertz CT molecular complexity index is 1880. The van der Waals surface area contributed by atoms with Crippen molar-refractivity contribution in [1.82, 2.24) is 23.8 Å². The topological polar surface area (TPSA) is 90.4 Å². The van der Waals surface area contributed by atoms with E-state index in [-0.39, 0.29) is 28.9 Å². The van der Waals surface area contributed by atoms with Crippen LogP contribution in [0, 0.1) is 11.6 Å². The van der Waals surface area contributed by atoms with Gasteiger partial charge >= 0.3 is 5.97 Å². The summed E-state index contributed by atoms with van der Waals surface area (Å²) in [5, 5.41) is 1.11. The molecule has 1 amide bonds. The molecule has 0 aliphatic rings. The van der Waals surface area contributed by atoms with Gasteiger partial charge in [0, 0.05) is 30.6 Å². The average Bonchev–Trinajstić information content (AvgIpc) is 3.61. The van der Waals surface area contributed by atoms with Crippen LogP contribution in [0.25, 0.3) is 33.8 Å². The highest BCUT2D eigenvalue weighted by Gasteiger charge is 2.21. The summed E-state index contributed by atoms with van der Waals surface area (Å²) in [7, 11) is 4.25. The van der Waals surface area contributed by atoms with E-state index in [4.69, 9.17) is 9.57 Å². The summed E-state index contributed by atoms with van der Waals surface area (Å²) in [6.45, 7) is 0. The van der Waals surface area contributed by atoms with Crippen molar-refractivity contribution < 1.29 is 27.9 Å². The van der Waals surface area contributed by atoms with Crippen molar-refractivity contribution in [1.29, 1.82) is 0 Å². The molecule has 0 radical (unpaired) electrons. The quantitative estimate of drug-likeness (QED) is 0.195. The van der Waals surface area contributed by atoms with Crippen LogP contribution in [0.3, 0.4) is 0 Å². The fourth-order valence-corrected chi connectivity index (χ4v) is 4.32. The number of pyridine rings is 2. The number of benzene rings is 2. The second-order valence-corrected chi connectivity index (χ2v) is 8.97. The number of imidazole rings is 2. The average molecular weight is 570 g/mol. The molecule has 4 heterocycles. The predicted octanol–water partition coefficient (Wildman–Crippen LogP) is 5.70. The van der Waals surface area contributed by atoms with Gasteiger partial charge in [0.2, 0.25) is 0 Å². The Balaban J connectivity index is 0.000000169. The molecule has 0 aliphatic carbocycles. The molecule has 6 aromatic rings. The highest BCUT2D eigenvalue weighted by atomic mass is 19.1. The number of aromatic nitrogens is 4. The fraction of sp³-hybridized carbons (Fsp3) is 0.0968. The normalized spacial score (nSPS) is 10.8. The van der Waals surface area contributed by atoms with E-state index < -0.39 is 5.97 Å². The van der Waals surface area contributed by atoms with Gasteiger partial charge in [0.1, 0.15) is 23.3 Å². The number of hydroxylamine groups is 2. The number of methoxy groups -OCH3 is 1. The van der Waals surface area contributed by atoms with E-state index in [1.165, 1.54) is 45.5 Å². The molecule has 4 aromatic heterocycles.